The van der Waals surface area contributed by atoms with Crippen molar-refractivity contribution in [2.24, 2.45) is 0 Å². The number of benzene rings is 1. The smallest absolute Gasteiger partial charge is 0.325 e. The molecule has 0 aliphatic rings. The zero-order valence-electron chi connectivity index (χ0n) is 11.3. The normalized spacial score (nSPS) is 10.3. The lowest BCUT2D eigenvalue weighted by molar-refractivity contribution is -0.137. The molecule has 0 aliphatic carbocycles. The molecule has 0 saturated heterocycles. The first-order valence-electron chi connectivity index (χ1n) is 6.12. The summed E-state index contributed by atoms with van der Waals surface area (Å²) in [6.07, 6.45) is 3.40. The van der Waals surface area contributed by atoms with Gasteiger partial charge in [-0.15, -0.1) is 16.9 Å². The molecule has 2 rings (SSSR count). The van der Waals surface area contributed by atoms with E-state index in [4.69, 9.17) is 5.11 Å². The van der Waals surface area contributed by atoms with E-state index in [1.54, 1.807) is 12.1 Å². The molecule has 2 aromatic rings. The molecule has 1 aromatic carbocycles. The Morgan fingerprint density at radius 1 is 1.38 bits per heavy atom. The maximum Gasteiger partial charge on any atom is 0.325 e. The molecule has 0 unspecified atom stereocenters. The number of aromatic nitrogens is 3. The Bertz CT molecular complexity index is 656. The highest BCUT2D eigenvalue weighted by atomic mass is 32.2. The fourth-order valence-corrected chi connectivity index (χ4v) is 2.33. The number of amides is 1. The zero-order chi connectivity index (χ0) is 15.2. The molecule has 0 radical (unpaired) electrons. The number of carbonyl (C=O) groups excluding carboxylic acids is 1. The maximum absolute atomic E-state index is 12.1. The van der Waals surface area contributed by atoms with Crippen LogP contribution in [0.2, 0.25) is 0 Å². The Kier molecular flexibility index (Phi) is 4.94. The van der Waals surface area contributed by atoms with E-state index in [0.717, 1.165) is 4.90 Å². The predicted molar refractivity (Wildman–Crippen MR) is 77.1 cm³/mol. The summed E-state index contributed by atoms with van der Waals surface area (Å²) in [7, 11) is 0. The van der Waals surface area contributed by atoms with Crippen LogP contribution >= 0.6 is 11.8 Å². The summed E-state index contributed by atoms with van der Waals surface area (Å²) in [4.78, 5) is 23.5. The molecular formula is C13H14N4O3S. The molecule has 0 aliphatic heterocycles. The van der Waals surface area contributed by atoms with Crippen LogP contribution < -0.4 is 5.32 Å². The SMILES string of the molecule is CSc1ccccc1C(=O)NCc1cn(CC(=O)O)nn1. The molecule has 8 heteroatoms. The van der Waals surface area contributed by atoms with Crippen molar-refractivity contribution >= 4 is 23.6 Å². The first kappa shape index (κ1) is 15.0. The average Bonchev–Trinajstić information content (AvgIpc) is 2.91. The highest BCUT2D eigenvalue weighted by Gasteiger charge is 2.11. The third-order valence-electron chi connectivity index (χ3n) is 2.67. The summed E-state index contributed by atoms with van der Waals surface area (Å²) in [6, 6.07) is 7.31. The summed E-state index contributed by atoms with van der Waals surface area (Å²) < 4.78 is 1.21. The number of hydrogen-bond donors (Lipinski definition) is 2. The minimum atomic E-state index is -0.996. The van der Waals surface area contributed by atoms with Gasteiger partial charge in [-0.05, 0) is 18.4 Å². The molecular weight excluding hydrogens is 292 g/mol. The lowest BCUT2D eigenvalue weighted by Gasteiger charge is -2.06. The van der Waals surface area contributed by atoms with E-state index in [0.29, 0.717) is 11.3 Å². The first-order chi connectivity index (χ1) is 10.1. The first-order valence-corrected chi connectivity index (χ1v) is 7.34. The molecule has 0 atom stereocenters. The van der Waals surface area contributed by atoms with Crippen LogP contribution in [0.5, 0.6) is 0 Å². The van der Waals surface area contributed by atoms with Crippen LogP contribution in [-0.4, -0.2) is 38.2 Å². The third-order valence-corrected chi connectivity index (χ3v) is 3.46. The summed E-state index contributed by atoms with van der Waals surface area (Å²) in [5.41, 5.74) is 1.11. The fraction of sp³-hybridized carbons (Fsp3) is 0.231. The van der Waals surface area contributed by atoms with Gasteiger partial charge in [-0.3, -0.25) is 9.59 Å². The second-order valence-electron chi connectivity index (χ2n) is 4.18. The van der Waals surface area contributed by atoms with E-state index in [1.807, 2.05) is 18.4 Å². The van der Waals surface area contributed by atoms with E-state index in [2.05, 4.69) is 15.6 Å². The highest BCUT2D eigenvalue weighted by molar-refractivity contribution is 7.98. The lowest BCUT2D eigenvalue weighted by atomic mass is 10.2. The molecule has 0 fully saturated rings. The van der Waals surface area contributed by atoms with Crippen molar-refractivity contribution in [2.45, 2.75) is 18.0 Å². The average molecular weight is 306 g/mol. The molecule has 110 valence electrons. The predicted octanol–water partition coefficient (Wildman–Crippen LogP) is 1.01. The van der Waals surface area contributed by atoms with Crippen molar-refractivity contribution in [1.82, 2.24) is 20.3 Å². The minimum Gasteiger partial charge on any atom is -0.480 e. The van der Waals surface area contributed by atoms with Gasteiger partial charge in [0.1, 0.15) is 12.2 Å². The van der Waals surface area contributed by atoms with E-state index in [-0.39, 0.29) is 19.0 Å². The number of carboxylic acids is 1. The molecule has 7 nitrogen and oxygen atoms in total. The number of aliphatic carboxylic acids is 1. The standard InChI is InChI=1S/C13H14N4O3S/c1-21-11-5-3-2-4-10(11)13(20)14-6-9-7-17(16-15-9)8-12(18)19/h2-5,7H,6,8H2,1H3,(H,14,20)(H,18,19). The summed E-state index contributed by atoms with van der Waals surface area (Å²) >= 11 is 1.50. The number of carbonyl (C=O) groups is 2. The van der Waals surface area contributed by atoms with Crippen LogP contribution in [0.15, 0.2) is 35.4 Å². The van der Waals surface area contributed by atoms with Gasteiger partial charge < -0.3 is 10.4 Å². The van der Waals surface area contributed by atoms with Crippen molar-refractivity contribution in [3.63, 3.8) is 0 Å². The molecule has 0 bridgehead atoms. The Morgan fingerprint density at radius 2 is 2.14 bits per heavy atom. The Balaban J connectivity index is 1.97. The van der Waals surface area contributed by atoms with Crippen LogP contribution in [0.1, 0.15) is 16.1 Å². The van der Waals surface area contributed by atoms with Gasteiger partial charge >= 0.3 is 5.97 Å². The van der Waals surface area contributed by atoms with E-state index < -0.39 is 5.97 Å². The van der Waals surface area contributed by atoms with Crippen LogP contribution in [-0.2, 0) is 17.9 Å². The minimum absolute atomic E-state index is 0.196. The highest BCUT2D eigenvalue weighted by Crippen LogP contribution is 2.19. The number of thioether (sulfide) groups is 1. The van der Waals surface area contributed by atoms with Gasteiger partial charge in [0.25, 0.3) is 5.91 Å². The Hall–Kier alpha value is -2.35. The Morgan fingerprint density at radius 3 is 2.86 bits per heavy atom. The molecule has 0 spiro atoms. The number of rotatable bonds is 6. The van der Waals surface area contributed by atoms with E-state index in [9.17, 15) is 9.59 Å². The molecule has 0 saturated carbocycles. The third kappa shape index (κ3) is 4.06. The van der Waals surface area contributed by atoms with Crippen molar-refractivity contribution < 1.29 is 14.7 Å². The number of nitrogens with one attached hydrogen (secondary N) is 1. The van der Waals surface area contributed by atoms with Gasteiger partial charge in [0.2, 0.25) is 0 Å². The van der Waals surface area contributed by atoms with Crippen molar-refractivity contribution in [3.8, 4) is 0 Å². The molecule has 2 N–H and O–H groups in total. The second kappa shape index (κ2) is 6.89. The summed E-state index contributed by atoms with van der Waals surface area (Å²) in [5.74, 6) is -1.20. The van der Waals surface area contributed by atoms with Crippen LogP contribution in [0.3, 0.4) is 0 Å². The van der Waals surface area contributed by atoms with Gasteiger partial charge in [-0.2, -0.15) is 0 Å². The van der Waals surface area contributed by atoms with Crippen molar-refractivity contribution in [2.75, 3.05) is 6.26 Å². The fourth-order valence-electron chi connectivity index (χ4n) is 1.73. The topological polar surface area (TPSA) is 97.1 Å². The quantitative estimate of drug-likeness (QED) is 0.773. The van der Waals surface area contributed by atoms with Gasteiger partial charge in [0, 0.05) is 4.90 Å². The van der Waals surface area contributed by atoms with Crippen LogP contribution in [0, 0.1) is 0 Å². The Labute approximate surface area is 125 Å². The zero-order valence-corrected chi connectivity index (χ0v) is 12.1. The van der Waals surface area contributed by atoms with Gasteiger partial charge in [0.15, 0.2) is 0 Å². The monoisotopic (exact) mass is 306 g/mol. The second-order valence-corrected chi connectivity index (χ2v) is 5.03. The molecule has 1 heterocycles. The van der Waals surface area contributed by atoms with Crippen LogP contribution in [0.4, 0.5) is 0 Å². The van der Waals surface area contributed by atoms with Crippen molar-refractivity contribution in [1.29, 1.82) is 0 Å². The number of carboxylic acid groups (broad SMARTS) is 1. The lowest BCUT2D eigenvalue weighted by Crippen LogP contribution is -2.23. The van der Waals surface area contributed by atoms with Crippen LogP contribution in [0.25, 0.3) is 0 Å². The number of hydrogen-bond acceptors (Lipinski definition) is 5. The molecule has 21 heavy (non-hydrogen) atoms. The van der Waals surface area contributed by atoms with Gasteiger partial charge in [0.05, 0.1) is 18.3 Å². The van der Waals surface area contributed by atoms with E-state index in [1.165, 1.54) is 22.6 Å². The summed E-state index contributed by atoms with van der Waals surface area (Å²) in [6.45, 7) is -0.0581. The summed E-state index contributed by atoms with van der Waals surface area (Å²) in [5, 5.41) is 18.9. The largest absolute Gasteiger partial charge is 0.480 e. The molecule has 1 aromatic heterocycles. The van der Waals surface area contributed by atoms with E-state index >= 15 is 0 Å². The van der Waals surface area contributed by atoms with Gasteiger partial charge in [-0.25, -0.2) is 4.68 Å². The maximum atomic E-state index is 12.1. The van der Waals surface area contributed by atoms with Gasteiger partial charge in [-0.1, -0.05) is 17.3 Å². The van der Waals surface area contributed by atoms with Crippen molar-refractivity contribution in [3.05, 3.63) is 41.7 Å². The molecule has 1 amide bonds. The number of nitrogens with zero attached hydrogens (tertiary/aromatic N) is 3.